The van der Waals surface area contributed by atoms with Crippen molar-refractivity contribution >= 4 is 11.4 Å². The van der Waals surface area contributed by atoms with Crippen LogP contribution in [0.4, 0.5) is 5.69 Å². The van der Waals surface area contributed by atoms with Gasteiger partial charge in [0.2, 0.25) is 0 Å². The number of hydroxylamine groups is 1. The highest BCUT2D eigenvalue weighted by Crippen LogP contribution is 2.20. The van der Waals surface area contributed by atoms with Crippen LogP contribution in [0, 0.1) is 0 Å². The highest BCUT2D eigenvalue weighted by Gasteiger charge is 2.16. The summed E-state index contributed by atoms with van der Waals surface area (Å²) in [7, 11) is 1.70. The lowest BCUT2D eigenvalue weighted by molar-refractivity contribution is 0.0896. The summed E-state index contributed by atoms with van der Waals surface area (Å²) in [5, 5.41) is 0. The van der Waals surface area contributed by atoms with Crippen LogP contribution < -0.4 is 15.1 Å². The summed E-state index contributed by atoms with van der Waals surface area (Å²) >= 11 is 0. The molecule has 0 atom stereocenters. The number of nitrogens with zero attached hydrogens (tertiary/aromatic N) is 2. The maximum Gasteiger partial charge on any atom is 0.119 e. The molecule has 0 saturated carbocycles. The van der Waals surface area contributed by atoms with Crippen LogP contribution in [0.25, 0.3) is 5.70 Å². The van der Waals surface area contributed by atoms with E-state index in [4.69, 9.17) is 9.57 Å². The first kappa shape index (κ1) is 19.3. The van der Waals surface area contributed by atoms with Gasteiger partial charge in [0.25, 0.3) is 0 Å². The Hall–Kier alpha value is -2.50. The van der Waals surface area contributed by atoms with E-state index in [9.17, 15) is 0 Å². The van der Waals surface area contributed by atoms with E-state index < -0.39 is 0 Å². The third kappa shape index (κ3) is 5.49. The van der Waals surface area contributed by atoms with Crippen LogP contribution in [-0.2, 0) is 4.84 Å². The second kappa shape index (κ2) is 10.00. The summed E-state index contributed by atoms with van der Waals surface area (Å²) in [4.78, 5) is 10.3. The van der Waals surface area contributed by atoms with Gasteiger partial charge in [0, 0.05) is 38.4 Å². The number of methoxy groups -OCH3 is 1. The Morgan fingerprint density at radius 3 is 2.33 bits per heavy atom. The molecule has 2 aromatic rings. The minimum atomic E-state index is 0.630. The average Bonchev–Trinajstić information content (AvgIpc) is 2.75. The summed E-state index contributed by atoms with van der Waals surface area (Å²) in [6.07, 6.45) is 2.22. The van der Waals surface area contributed by atoms with Crippen molar-refractivity contribution < 1.29 is 9.57 Å². The quantitative estimate of drug-likeness (QED) is 0.724. The molecular weight excluding hydrogens is 338 g/mol. The molecule has 1 aliphatic heterocycles. The number of hydrogen-bond acceptors (Lipinski definition) is 5. The first-order chi connectivity index (χ1) is 13.3. The second-order valence-electron chi connectivity index (χ2n) is 6.50. The van der Waals surface area contributed by atoms with Crippen molar-refractivity contribution in [3.8, 4) is 5.75 Å². The van der Waals surface area contributed by atoms with E-state index in [2.05, 4.69) is 45.6 Å². The molecule has 5 nitrogen and oxygen atoms in total. The van der Waals surface area contributed by atoms with Gasteiger partial charge in [-0.25, -0.2) is 0 Å². The molecule has 1 saturated heterocycles. The molecule has 0 aliphatic carbocycles. The summed E-state index contributed by atoms with van der Waals surface area (Å²) in [5.74, 6) is 0.901. The molecule has 1 heterocycles. The normalized spacial score (nSPS) is 15.6. The molecule has 27 heavy (non-hydrogen) atoms. The van der Waals surface area contributed by atoms with Crippen LogP contribution in [0.3, 0.4) is 0 Å². The van der Waals surface area contributed by atoms with Crippen molar-refractivity contribution in [3.63, 3.8) is 0 Å². The fourth-order valence-electron chi connectivity index (χ4n) is 3.19. The first-order valence-corrected chi connectivity index (χ1v) is 9.55. The number of nitrogens with one attached hydrogen (secondary N) is 1. The average molecular weight is 367 g/mol. The van der Waals surface area contributed by atoms with Gasteiger partial charge in [-0.3, -0.25) is 15.2 Å². The molecule has 0 radical (unpaired) electrons. The minimum absolute atomic E-state index is 0.630. The SMILES string of the molecule is CCONC(=CCN1CCN(c2ccc(OC)cc2)CC1)c1ccccc1. The zero-order chi connectivity index (χ0) is 18.9. The van der Waals surface area contributed by atoms with E-state index in [-0.39, 0.29) is 0 Å². The molecule has 2 aromatic carbocycles. The number of anilines is 1. The van der Waals surface area contributed by atoms with Gasteiger partial charge in [-0.05, 0) is 42.8 Å². The van der Waals surface area contributed by atoms with E-state index in [1.807, 2.05) is 37.3 Å². The Balaban J connectivity index is 1.55. The lowest BCUT2D eigenvalue weighted by Crippen LogP contribution is -2.46. The van der Waals surface area contributed by atoms with Crippen molar-refractivity contribution in [1.82, 2.24) is 10.4 Å². The van der Waals surface area contributed by atoms with E-state index in [0.29, 0.717) is 6.61 Å². The van der Waals surface area contributed by atoms with Crippen molar-refractivity contribution in [2.75, 3.05) is 51.3 Å². The smallest absolute Gasteiger partial charge is 0.119 e. The van der Waals surface area contributed by atoms with Gasteiger partial charge in [0.05, 0.1) is 19.4 Å². The zero-order valence-electron chi connectivity index (χ0n) is 16.2. The van der Waals surface area contributed by atoms with Crippen molar-refractivity contribution in [3.05, 3.63) is 66.2 Å². The topological polar surface area (TPSA) is 37.0 Å². The van der Waals surface area contributed by atoms with E-state index in [0.717, 1.165) is 49.7 Å². The zero-order valence-corrected chi connectivity index (χ0v) is 16.2. The van der Waals surface area contributed by atoms with Crippen molar-refractivity contribution in [2.24, 2.45) is 0 Å². The molecule has 0 bridgehead atoms. The number of hydrogen-bond donors (Lipinski definition) is 1. The molecule has 1 N–H and O–H groups in total. The molecule has 1 aliphatic rings. The highest BCUT2D eigenvalue weighted by atomic mass is 16.6. The maximum atomic E-state index is 5.43. The summed E-state index contributed by atoms with van der Waals surface area (Å²) in [6, 6.07) is 18.6. The van der Waals surface area contributed by atoms with E-state index in [1.54, 1.807) is 7.11 Å². The van der Waals surface area contributed by atoms with Gasteiger partial charge < -0.3 is 9.64 Å². The van der Waals surface area contributed by atoms with Gasteiger partial charge in [-0.15, -0.1) is 0 Å². The van der Waals surface area contributed by atoms with Gasteiger partial charge in [0.15, 0.2) is 0 Å². The third-order valence-electron chi connectivity index (χ3n) is 4.77. The Labute approximate surface area is 162 Å². The number of benzene rings is 2. The third-order valence-corrected chi connectivity index (χ3v) is 4.77. The van der Waals surface area contributed by atoms with Crippen LogP contribution in [-0.4, -0.2) is 51.3 Å². The molecule has 3 rings (SSSR count). The molecule has 1 fully saturated rings. The van der Waals surface area contributed by atoms with Gasteiger partial charge in [-0.2, -0.15) is 0 Å². The van der Waals surface area contributed by atoms with Gasteiger partial charge >= 0.3 is 0 Å². The van der Waals surface area contributed by atoms with Crippen LogP contribution in [0.2, 0.25) is 0 Å². The van der Waals surface area contributed by atoms with Gasteiger partial charge in [0.1, 0.15) is 5.75 Å². The predicted octanol–water partition coefficient (Wildman–Crippen LogP) is 3.40. The Bertz CT molecular complexity index is 708. The van der Waals surface area contributed by atoms with Crippen LogP contribution in [0.1, 0.15) is 12.5 Å². The van der Waals surface area contributed by atoms with Gasteiger partial charge in [-0.1, -0.05) is 30.3 Å². The fourth-order valence-corrected chi connectivity index (χ4v) is 3.19. The molecule has 0 aromatic heterocycles. The van der Waals surface area contributed by atoms with Crippen molar-refractivity contribution in [2.45, 2.75) is 6.92 Å². The molecule has 0 amide bonds. The molecule has 5 heteroatoms. The Kier molecular flexibility index (Phi) is 7.13. The van der Waals surface area contributed by atoms with Crippen LogP contribution >= 0.6 is 0 Å². The molecule has 0 spiro atoms. The Morgan fingerprint density at radius 2 is 1.70 bits per heavy atom. The van der Waals surface area contributed by atoms with Crippen molar-refractivity contribution in [1.29, 1.82) is 0 Å². The number of rotatable bonds is 8. The minimum Gasteiger partial charge on any atom is -0.497 e. The number of ether oxygens (including phenoxy) is 1. The van der Waals surface area contributed by atoms with E-state index >= 15 is 0 Å². The fraction of sp³-hybridized carbons (Fsp3) is 0.364. The lowest BCUT2D eigenvalue weighted by atomic mass is 10.1. The first-order valence-electron chi connectivity index (χ1n) is 9.55. The summed E-state index contributed by atoms with van der Waals surface area (Å²) in [5.41, 5.74) is 6.51. The monoisotopic (exact) mass is 367 g/mol. The largest absolute Gasteiger partial charge is 0.497 e. The maximum absolute atomic E-state index is 5.43. The predicted molar refractivity (Wildman–Crippen MR) is 111 cm³/mol. The van der Waals surface area contributed by atoms with Crippen LogP contribution in [0.5, 0.6) is 5.75 Å². The van der Waals surface area contributed by atoms with E-state index in [1.165, 1.54) is 5.69 Å². The molecule has 0 unspecified atom stereocenters. The lowest BCUT2D eigenvalue weighted by Gasteiger charge is -2.35. The van der Waals surface area contributed by atoms with Crippen LogP contribution in [0.15, 0.2) is 60.7 Å². The number of piperazine rings is 1. The second-order valence-corrected chi connectivity index (χ2v) is 6.50. The molecular formula is C22H29N3O2. The Morgan fingerprint density at radius 1 is 1.00 bits per heavy atom. The summed E-state index contributed by atoms with van der Waals surface area (Å²) in [6.45, 7) is 7.65. The standard InChI is InChI=1S/C22H29N3O2/c1-3-27-23-22(19-7-5-4-6-8-19)13-14-24-15-17-25(18-16-24)20-9-11-21(26-2)12-10-20/h4-13,23H,3,14-18H2,1-2H3. The molecule has 144 valence electrons. The summed E-state index contributed by atoms with van der Waals surface area (Å²) < 4.78 is 5.24. The highest BCUT2D eigenvalue weighted by molar-refractivity contribution is 5.63.